The fourth-order valence-electron chi connectivity index (χ4n) is 1.39. The van der Waals surface area contributed by atoms with Gasteiger partial charge in [-0.2, -0.15) is 0 Å². The molecule has 1 fully saturated rings. The summed E-state index contributed by atoms with van der Waals surface area (Å²) in [4.78, 5) is 32.4. The van der Waals surface area contributed by atoms with Gasteiger partial charge in [0.05, 0.1) is 12.8 Å². The van der Waals surface area contributed by atoms with Gasteiger partial charge in [-0.15, -0.1) is 0 Å². The lowest BCUT2D eigenvalue weighted by atomic mass is 9.84. The van der Waals surface area contributed by atoms with Crippen molar-refractivity contribution in [2.24, 2.45) is 0 Å². The van der Waals surface area contributed by atoms with E-state index in [1.807, 2.05) is 0 Å². The largest absolute Gasteiger partial charge is 0.524 e. The number of carboxylic acid groups (broad SMARTS) is 2. The minimum atomic E-state index is -2.01. The van der Waals surface area contributed by atoms with E-state index in [0.29, 0.717) is 0 Å². The first kappa shape index (κ1) is 17.4. The molecule has 0 aromatic heterocycles. The first-order valence-corrected chi connectivity index (χ1v) is 5.27. The van der Waals surface area contributed by atoms with Crippen LogP contribution in [0, 0.1) is 0 Å². The maximum absolute atomic E-state index is 11.0. The van der Waals surface area contributed by atoms with Gasteiger partial charge in [-0.1, -0.05) is 0 Å². The summed E-state index contributed by atoms with van der Waals surface area (Å²) < 4.78 is 9.45. The Hall–Kier alpha value is -1.58. The summed E-state index contributed by atoms with van der Waals surface area (Å²) in [6.45, 7) is 2.61. The molecule has 0 saturated carbocycles. The van der Waals surface area contributed by atoms with Crippen LogP contribution in [0.5, 0.6) is 0 Å². The molecule has 0 amide bonds. The van der Waals surface area contributed by atoms with Gasteiger partial charge in [0.15, 0.2) is 5.60 Å². The SMILES string of the molecule is CB(O)O.CB1OC(=O)CC(CC(=O)O)(C(=O)O)O1. The maximum Gasteiger partial charge on any atom is 0.524 e. The number of rotatable bonds is 3. The van der Waals surface area contributed by atoms with Gasteiger partial charge in [-0.05, 0) is 13.6 Å². The second-order valence-electron chi connectivity index (χ2n) is 3.85. The number of carbonyl (C=O) groups is 3. The van der Waals surface area contributed by atoms with Crippen LogP contribution in [-0.4, -0.2) is 58.0 Å². The van der Waals surface area contributed by atoms with Crippen molar-refractivity contribution in [2.45, 2.75) is 32.1 Å². The summed E-state index contributed by atoms with van der Waals surface area (Å²) in [7, 11) is -2.22. The van der Waals surface area contributed by atoms with Crippen molar-refractivity contribution < 1.29 is 44.0 Å². The van der Waals surface area contributed by atoms with Gasteiger partial charge in [-0.25, -0.2) is 4.79 Å². The Bertz CT molecular complexity index is 351. The quantitative estimate of drug-likeness (QED) is 0.449. The van der Waals surface area contributed by atoms with Crippen molar-refractivity contribution in [2.75, 3.05) is 0 Å². The van der Waals surface area contributed by atoms with E-state index < -0.39 is 50.6 Å². The van der Waals surface area contributed by atoms with Crippen LogP contribution in [0.4, 0.5) is 0 Å². The number of hydrogen-bond donors (Lipinski definition) is 4. The van der Waals surface area contributed by atoms with Crippen LogP contribution in [0.3, 0.4) is 0 Å². The van der Waals surface area contributed by atoms with Gasteiger partial charge in [-0.3, -0.25) is 9.59 Å². The molecular weight excluding hydrogens is 262 g/mol. The van der Waals surface area contributed by atoms with E-state index in [0.717, 1.165) is 0 Å². The standard InChI is InChI=1S/C7H9BO7.CH5BO2/c1-8-14-5(11)3-7(15-8,6(12)13)2-4(9)10;1-2(3)4/h2-3H2,1H3,(H,9,10)(H,12,13);3-4H,1H3. The zero-order valence-corrected chi connectivity index (χ0v) is 10.4. The predicted octanol–water partition coefficient (Wildman–Crippen LogP) is -1.54. The molecule has 0 aromatic carbocycles. The van der Waals surface area contributed by atoms with E-state index >= 15 is 0 Å². The fraction of sp³-hybridized carbons (Fsp3) is 0.625. The molecule has 19 heavy (non-hydrogen) atoms. The third-order valence-corrected chi connectivity index (χ3v) is 1.95. The van der Waals surface area contributed by atoms with Crippen molar-refractivity contribution in [1.29, 1.82) is 0 Å². The Morgan fingerprint density at radius 3 is 2.21 bits per heavy atom. The van der Waals surface area contributed by atoms with Crippen molar-refractivity contribution in [3.8, 4) is 0 Å². The van der Waals surface area contributed by atoms with Gasteiger partial charge >= 0.3 is 26.2 Å². The lowest BCUT2D eigenvalue weighted by Crippen LogP contribution is -2.53. The average molecular weight is 276 g/mol. The molecule has 1 aliphatic rings. The predicted molar refractivity (Wildman–Crippen MR) is 62.1 cm³/mol. The highest BCUT2D eigenvalue weighted by Crippen LogP contribution is 2.27. The summed E-state index contributed by atoms with van der Waals surface area (Å²) in [5, 5.41) is 32.7. The monoisotopic (exact) mass is 276 g/mol. The topological polar surface area (TPSA) is 151 Å². The molecule has 1 unspecified atom stereocenters. The third kappa shape index (κ3) is 6.22. The van der Waals surface area contributed by atoms with Gasteiger partial charge < -0.3 is 29.6 Å². The first-order chi connectivity index (χ1) is 8.59. The van der Waals surface area contributed by atoms with E-state index in [9.17, 15) is 14.4 Å². The van der Waals surface area contributed by atoms with Crippen LogP contribution >= 0.6 is 0 Å². The fourth-order valence-corrected chi connectivity index (χ4v) is 1.39. The normalized spacial score (nSPS) is 21.9. The van der Waals surface area contributed by atoms with E-state index in [1.54, 1.807) is 0 Å². The highest BCUT2D eigenvalue weighted by Gasteiger charge is 2.50. The molecule has 1 aliphatic heterocycles. The minimum absolute atomic E-state index is 0.598. The van der Waals surface area contributed by atoms with Crippen molar-refractivity contribution in [1.82, 2.24) is 0 Å². The molecule has 9 nitrogen and oxygen atoms in total. The van der Waals surface area contributed by atoms with Crippen molar-refractivity contribution in [3.05, 3.63) is 0 Å². The van der Waals surface area contributed by atoms with Gasteiger partial charge in [0.1, 0.15) is 0 Å². The van der Waals surface area contributed by atoms with Crippen LogP contribution in [0.25, 0.3) is 0 Å². The van der Waals surface area contributed by atoms with E-state index in [4.69, 9.17) is 24.9 Å². The molecule has 4 N–H and O–H groups in total. The van der Waals surface area contributed by atoms with E-state index in [-0.39, 0.29) is 0 Å². The maximum atomic E-state index is 11.0. The lowest BCUT2D eigenvalue weighted by molar-refractivity contribution is -0.174. The molecule has 0 aromatic rings. The van der Waals surface area contributed by atoms with Gasteiger partial charge in [0.25, 0.3) is 5.97 Å². The van der Waals surface area contributed by atoms with Crippen molar-refractivity contribution >= 4 is 32.1 Å². The summed E-state index contributed by atoms with van der Waals surface area (Å²) in [6, 6.07) is 0. The Balaban J connectivity index is 0.000000711. The lowest BCUT2D eigenvalue weighted by Gasteiger charge is -2.33. The number of carboxylic acids is 2. The molecule has 106 valence electrons. The zero-order valence-electron chi connectivity index (χ0n) is 10.4. The van der Waals surface area contributed by atoms with E-state index in [2.05, 4.69) is 4.65 Å². The highest BCUT2D eigenvalue weighted by molar-refractivity contribution is 6.46. The van der Waals surface area contributed by atoms with Crippen molar-refractivity contribution in [3.63, 3.8) is 0 Å². The second-order valence-corrected chi connectivity index (χ2v) is 3.85. The van der Waals surface area contributed by atoms with Crippen LogP contribution in [0.2, 0.25) is 13.6 Å². The summed E-state index contributed by atoms with van der Waals surface area (Å²) >= 11 is 0. The van der Waals surface area contributed by atoms with Crippen LogP contribution in [-0.2, 0) is 23.7 Å². The highest BCUT2D eigenvalue weighted by atomic mass is 16.6. The Labute approximate surface area is 109 Å². The van der Waals surface area contributed by atoms with Crippen LogP contribution < -0.4 is 0 Å². The Kier molecular flexibility index (Phi) is 6.53. The Morgan fingerprint density at radius 2 is 1.89 bits per heavy atom. The van der Waals surface area contributed by atoms with Crippen LogP contribution in [0.1, 0.15) is 12.8 Å². The molecule has 11 heteroatoms. The molecule has 1 saturated heterocycles. The molecule has 0 bridgehead atoms. The molecule has 1 rings (SSSR count). The molecular formula is C8H14B2O9. The molecule has 0 radical (unpaired) electrons. The minimum Gasteiger partial charge on any atom is -0.510 e. The zero-order chi connectivity index (χ0) is 15.2. The van der Waals surface area contributed by atoms with E-state index in [1.165, 1.54) is 13.6 Å². The molecule has 0 spiro atoms. The average Bonchev–Trinajstić information content (AvgIpc) is 2.12. The number of carbonyl (C=O) groups excluding carboxylic acids is 1. The third-order valence-electron chi connectivity index (χ3n) is 1.95. The Morgan fingerprint density at radius 1 is 1.42 bits per heavy atom. The molecule has 1 heterocycles. The summed E-state index contributed by atoms with van der Waals surface area (Å²) in [5.74, 6) is -3.61. The van der Waals surface area contributed by atoms with Crippen LogP contribution in [0.15, 0.2) is 0 Å². The van der Waals surface area contributed by atoms with Gasteiger partial charge in [0.2, 0.25) is 0 Å². The van der Waals surface area contributed by atoms with Gasteiger partial charge in [0, 0.05) is 0 Å². The number of aliphatic carboxylic acids is 2. The summed E-state index contributed by atoms with van der Waals surface area (Å²) in [5.41, 5.74) is -2.01. The smallest absolute Gasteiger partial charge is 0.510 e. The summed E-state index contributed by atoms with van der Waals surface area (Å²) in [6.07, 6.45) is -1.37. The second kappa shape index (κ2) is 7.12. The number of hydrogen-bond acceptors (Lipinski definition) is 7. The molecule has 0 aliphatic carbocycles. The first-order valence-electron chi connectivity index (χ1n) is 5.27. The molecule has 1 atom stereocenters.